The van der Waals surface area contributed by atoms with Crippen LogP contribution in [0.5, 0.6) is 5.75 Å². The number of ether oxygens (including phenoxy) is 1. The highest BCUT2D eigenvalue weighted by molar-refractivity contribution is 6.06. The van der Waals surface area contributed by atoms with Crippen molar-refractivity contribution in [1.29, 1.82) is 0 Å². The highest BCUT2D eigenvalue weighted by Gasteiger charge is 2.08. The van der Waals surface area contributed by atoms with Crippen LogP contribution in [0, 0.1) is 18.8 Å². The zero-order chi connectivity index (χ0) is 20.5. The van der Waals surface area contributed by atoms with Gasteiger partial charge in [0.2, 0.25) is 0 Å². The lowest BCUT2D eigenvalue weighted by molar-refractivity contribution is 0.102. The fourth-order valence-electron chi connectivity index (χ4n) is 2.95. The summed E-state index contributed by atoms with van der Waals surface area (Å²) >= 11 is 0. The van der Waals surface area contributed by atoms with Crippen molar-refractivity contribution in [2.24, 2.45) is 0 Å². The maximum absolute atomic E-state index is 12.6. The number of amides is 1. The van der Waals surface area contributed by atoms with Crippen molar-refractivity contribution in [2.45, 2.75) is 39.5 Å². The van der Waals surface area contributed by atoms with E-state index in [9.17, 15) is 4.79 Å². The normalized spacial score (nSPS) is 10.3. The van der Waals surface area contributed by atoms with Crippen molar-refractivity contribution in [2.75, 3.05) is 11.9 Å². The summed E-state index contributed by atoms with van der Waals surface area (Å²) in [4.78, 5) is 17.1. The summed E-state index contributed by atoms with van der Waals surface area (Å²) in [5.74, 6) is 6.81. The summed E-state index contributed by atoms with van der Waals surface area (Å²) in [6.07, 6.45) is 3.80. The van der Waals surface area contributed by atoms with Gasteiger partial charge in [-0.15, -0.1) is 11.8 Å². The van der Waals surface area contributed by atoms with Gasteiger partial charge in [-0.25, -0.2) is 0 Å². The Kier molecular flexibility index (Phi) is 7.24. The molecule has 0 aliphatic carbocycles. The molecule has 148 valence electrons. The second kappa shape index (κ2) is 10.3. The lowest BCUT2D eigenvalue weighted by Gasteiger charge is -2.09. The molecule has 0 radical (unpaired) electrons. The number of nitrogens with zero attached hydrogens (tertiary/aromatic N) is 1. The van der Waals surface area contributed by atoms with Crippen LogP contribution in [0.25, 0.3) is 10.9 Å². The van der Waals surface area contributed by atoms with E-state index in [0.717, 1.165) is 48.0 Å². The van der Waals surface area contributed by atoms with Crippen molar-refractivity contribution in [3.8, 4) is 17.6 Å². The van der Waals surface area contributed by atoms with Gasteiger partial charge in [-0.3, -0.25) is 9.78 Å². The number of hydrogen-bond acceptors (Lipinski definition) is 3. The van der Waals surface area contributed by atoms with Crippen LogP contribution >= 0.6 is 0 Å². The molecule has 0 aliphatic rings. The molecule has 3 rings (SSSR count). The number of fused-ring (bicyclic) bond motifs is 1. The van der Waals surface area contributed by atoms with Gasteiger partial charge in [-0.2, -0.15) is 0 Å². The zero-order valence-electron chi connectivity index (χ0n) is 17.0. The molecule has 0 saturated heterocycles. The molecule has 0 spiro atoms. The Labute approximate surface area is 172 Å². The molecule has 1 amide bonds. The molecule has 1 aromatic heterocycles. The first-order valence-corrected chi connectivity index (χ1v) is 10.0. The molecule has 0 unspecified atom stereocenters. The molecule has 0 aliphatic heterocycles. The maximum Gasteiger partial charge on any atom is 0.255 e. The number of carbonyl (C=O) groups excluding carboxylic acids is 1. The van der Waals surface area contributed by atoms with Crippen molar-refractivity contribution in [3.63, 3.8) is 0 Å². The third kappa shape index (κ3) is 6.08. The van der Waals surface area contributed by atoms with E-state index in [1.165, 1.54) is 0 Å². The topological polar surface area (TPSA) is 51.2 Å². The monoisotopic (exact) mass is 386 g/mol. The second-order valence-corrected chi connectivity index (χ2v) is 6.85. The molecule has 0 atom stereocenters. The van der Waals surface area contributed by atoms with Crippen LogP contribution in [-0.2, 0) is 0 Å². The van der Waals surface area contributed by atoms with Crippen LogP contribution < -0.4 is 10.1 Å². The summed E-state index contributed by atoms with van der Waals surface area (Å²) in [6, 6.07) is 16.9. The number of aryl methyl sites for hydroxylation is 1. The van der Waals surface area contributed by atoms with Crippen LogP contribution in [0.1, 0.15) is 48.7 Å². The SMILES string of the molecule is CCC#CCCCCOc1cccc(NC(=O)c2ccc3nc(C)ccc3c2)c1. The van der Waals surface area contributed by atoms with Crippen LogP contribution in [0.15, 0.2) is 54.6 Å². The zero-order valence-corrected chi connectivity index (χ0v) is 17.0. The van der Waals surface area contributed by atoms with E-state index in [1.54, 1.807) is 6.07 Å². The summed E-state index contributed by atoms with van der Waals surface area (Å²) < 4.78 is 5.80. The number of hydrogen-bond donors (Lipinski definition) is 1. The summed E-state index contributed by atoms with van der Waals surface area (Å²) in [5, 5.41) is 3.89. The fraction of sp³-hybridized carbons (Fsp3) is 0.280. The number of unbranched alkanes of at least 4 members (excludes halogenated alkanes) is 2. The quantitative estimate of drug-likeness (QED) is 0.415. The van der Waals surface area contributed by atoms with Crippen molar-refractivity contribution in [1.82, 2.24) is 4.98 Å². The minimum Gasteiger partial charge on any atom is -0.494 e. The number of benzene rings is 2. The molecule has 1 N–H and O–H groups in total. The van der Waals surface area contributed by atoms with E-state index in [2.05, 4.69) is 29.1 Å². The number of rotatable bonds is 7. The van der Waals surface area contributed by atoms with Crippen molar-refractivity contribution < 1.29 is 9.53 Å². The van der Waals surface area contributed by atoms with Crippen molar-refractivity contribution >= 4 is 22.5 Å². The predicted molar refractivity (Wildman–Crippen MR) is 118 cm³/mol. The van der Waals surface area contributed by atoms with Gasteiger partial charge in [0.05, 0.1) is 12.1 Å². The number of anilines is 1. The predicted octanol–water partition coefficient (Wildman–Crippen LogP) is 5.76. The third-order valence-corrected chi connectivity index (χ3v) is 4.45. The first-order valence-electron chi connectivity index (χ1n) is 10.0. The first-order chi connectivity index (χ1) is 14.2. The maximum atomic E-state index is 12.6. The van der Waals surface area contributed by atoms with E-state index in [0.29, 0.717) is 17.9 Å². The Morgan fingerprint density at radius 1 is 1.07 bits per heavy atom. The highest BCUT2D eigenvalue weighted by Crippen LogP contribution is 2.20. The number of aromatic nitrogens is 1. The first kappa shape index (κ1) is 20.4. The second-order valence-electron chi connectivity index (χ2n) is 6.85. The van der Waals surface area contributed by atoms with E-state index < -0.39 is 0 Å². The van der Waals surface area contributed by atoms with Crippen LogP contribution in [0.4, 0.5) is 5.69 Å². The van der Waals surface area contributed by atoms with E-state index in [4.69, 9.17) is 4.74 Å². The number of carbonyl (C=O) groups is 1. The van der Waals surface area contributed by atoms with Crippen LogP contribution in [0.2, 0.25) is 0 Å². The van der Waals surface area contributed by atoms with E-state index in [1.807, 2.05) is 55.5 Å². The Morgan fingerprint density at radius 2 is 1.97 bits per heavy atom. The minimum atomic E-state index is -0.154. The number of nitrogens with one attached hydrogen (secondary N) is 1. The summed E-state index contributed by atoms with van der Waals surface area (Å²) in [7, 11) is 0. The average Bonchev–Trinajstić information content (AvgIpc) is 2.73. The molecule has 29 heavy (non-hydrogen) atoms. The largest absolute Gasteiger partial charge is 0.494 e. The Bertz CT molecular complexity index is 1050. The summed E-state index contributed by atoms with van der Waals surface area (Å²) in [5.41, 5.74) is 3.16. The fourth-order valence-corrected chi connectivity index (χ4v) is 2.95. The van der Waals surface area contributed by atoms with Gasteiger partial charge in [-0.05, 0) is 56.2 Å². The summed E-state index contributed by atoms with van der Waals surface area (Å²) in [6.45, 7) is 4.65. The average molecular weight is 386 g/mol. The van der Waals surface area contributed by atoms with Gasteiger partial charge in [0.1, 0.15) is 5.75 Å². The minimum absolute atomic E-state index is 0.154. The Morgan fingerprint density at radius 3 is 2.83 bits per heavy atom. The van der Waals surface area contributed by atoms with E-state index in [-0.39, 0.29) is 5.91 Å². The Hall–Kier alpha value is -3.32. The Balaban J connectivity index is 1.56. The molecule has 0 fully saturated rings. The van der Waals surface area contributed by atoms with Crippen molar-refractivity contribution in [3.05, 3.63) is 65.9 Å². The molecular weight excluding hydrogens is 360 g/mol. The molecule has 0 bridgehead atoms. The standard InChI is InChI=1S/C25H26N2O2/c1-3-4-5-6-7-8-16-29-23-11-9-10-22(18-23)27-25(28)21-14-15-24-20(17-21)13-12-19(2)26-24/h9-15,17-18H,3,6-8,16H2,1-2H3,(H,27,28). The lowest BCUT2D eigenvalue weighted by atomic mass is 10.1. The molecule has 3 aromatic rings. The van der Waals surface area contributed by atoms with Gasteiger partial charge in [-0.1, -0.05) is 19.1 Å². The molecule has 4 nitrogen and oxygen atoms in total. The van der Waals surface area contributed by atoms with Gasteiger partial charge >= 0.3 is 0 Å². The lowest BCUT2D eigenvalue weighted by Crippen LogP contribution is -2.12. The molecule has 2 aromatic carbocycles. The molecular formula is C25H26N2O2. The van der Waals surface area contributed by atoms with Gasteiger partial charge < -0.3 is 10.1 Å². The number of pyridine rings is 1. The van der Waals surface area contributed by atoms with Gasteiger partial charge in [0, 0.05) is 41.2 Å². The highest BCUT2D eigenvalue weighted by atomic mass is 16.5. The van der Waals surface area contributed by atoms with Gasteiger partial charge in [0.25, 0.3) is 5.91 Å². The molecule has 4 heteroatoms. The van der Waals surface area contributed by atoms with Crippen LogP contribution in [0.3, 0.4) is 0 Å². The third-order valence-electron chi connectivity index (χ3n) is 4.45. The van der Waals surface area contributed by atoms with Gasteiger partial charge in [0.15, 0.2) is 0 Å². The molecule has 1 heterocycles. The molecule has 0 saturated carbocycles. The smallest absolute Gasteiger partial charge is 0.255 e. The van der Waals surface area contributed by atoms with Crippen LogP contribution in [-0.4, -0.2) is 17.5 Å². The van der Waals surface area contributed by atoms with E-state index >= 15 is 0 Å².